The molecule has 3 aromatic rings. The summed E-state index contributed by atoms with van der Waals surface area (Å²) in [7, 11) is 0. The van der Waals surface area contributed by atoms with Gasteiger partial charge in [-0.15, -0.1) is 11.3 Å². The van der Waals surface area contributed by atoms with Gasteiger partial charge in [-0.3, -0.25) is 14.0 Å². The van der Waals surface area contributed by atoms with Gasteiger partial charge < -0.3 is 19.5 Å². The molecule has 1 aromatic carbocycles. The molecule has 134 valence electrons. The minimum Gasteiger partial charge on any atom is -0.486 e. The van der Waals surface area contributed by atoms with Crippen LogP contribution in [0.2, 0.25) is 0 Å². The quantitative estimate of drug-likeness (QED) is 0.687. The highest BCUT2D eigenvalue weighted by molar-refractivity contribution is 7.15. The monoisotopic (exact) mass is 373 g/mol. The molecule has 0 unspecified atom stereocenters. The maximum atomic E-state index is 12.0. The van der Waals surface area contributed by atoms with Crippen LogP contribution in [0.3, 0.4) is 0 Å². The lowest BCUT2D eigenvalue weighted by atomic mass is 10.2. The summed E-state index contributed by atoms with van der Waals surface area (Å²) in [6, 6.07) is 5.09. The number of carbonyl (C=O) groups is 2. The molecule has 0 saturated heterocycles. The summed E-state index contributed by atoms with van der Waals surface area (Å²) in [4.78, 5) is 28.9. The fourth-order valence-electron chi connectivity index (χ4n) is 2.52. The molecule has 3 heterocycles. The van der Waals surface area contributed by atoms with Crippen LogP contribution in [0.4, 0.5) is 5.69 Å². The smallest absolute Gasteiger partial charge is 0.312 e. The van der Waals surface area contributed by atoms with Gasteiger partial charge in [0.05, 0.1) is 12.1 Å². The van der Waals surface area contributed by atoms with E-state index in [0.29, 0.717) is 36.1 Å². The first-order chi connectivity index (χ1) is 12.7. The number of aromatic nitrogens is 2. The molecule has 0 spiro atoms. The summed E-state index contributed by atoms with van der Waals surface area (Å²) < 4.78 is 17.7. The molecular formula is C17H15N3O5S. The average Bonchev–Trinajstić information content (AvgIpc) is 3.21. The minimum absolute atomic E-state index is 0.0195. The van der Waals surface area contributed by atoms with E-state index in [-0.39, 0.29) is 13.0 Å². The molecule has 0 bridgehead atoms. The molecule has 8 nitrogen and oxygen atoms in total. The summed E-state index contributed by atoms with van der Waals surface area (Å²) in [5.41, 5.74) is 1.15. The number of anilines is 1. The number of thiazole rings is 1. The van der Waals surface area contributed by atoms with Crippen LogP contribution in [0.1, 0.15) is 5.69 Å². The maximum absolute atomic E-state index is 12.0. The van der Waals surface area contributed by atoms with Gasteiger partial charge in [0.15, 0.2) is 23.1 Å². The number of nitrogens with one attached hydrogen (secondary N) is 1. The van der Waals surface area contributed by atoms with Gasteiger partial charge in [0.2, 0.25) is 0 Å². The van der Waals surface area contributed by atoms with E-state index < -0.39 is 11.9 Å². The fourth-order valence-corrected chi connectivity index (χ4v) is 3.24. The maximum Gasteiger partial charge on any atom is 0.312 e. The lowest BCUT2D eigenvalue weighted by Gasteiger charge is -2.19. The summed E-state index contributed by atoms with van der Waals surface area (Å²) >= 11 is 1.48. The lowest BCUT2D eigenvalue weighted by Crippen LogP contribution is -2.22. The number of imidazole rings is 1. The third kappa shape index (κ3) is 3.62. The van der Waals surface area contributed by atoms with E-state index in [4.69, 9.17) is 14.2 Å². The molecular weight excluding hydrogens is 358 g/mol. The van der Waals surface area contributed by atoms with Gasteiger partial charge in [-0.05, 0) is 12.1 Å². The Morgan fingerprint density at radius 1 is 1.27 bits per heavy atom. The van der Waals surface area contributed by atoms with Crippen LogP contribution in [0.25, 0.3) is 4.96 Å². The van der Waals surface area contributed by atoms with Crippen molar-refractivity contribution in [1.29, 1.82) is 0 Å². The third-order valence-electron chi connectivity index (χ3n) is 3.66. The number of hydrogen-bond donors (Lipinski definition) is 1. The van der Waals surface area contributed by atoms with Crippen LogP contribution in [-0.2, 0) is 20.7 Å². The van der Waals surface area contributed by atoms with Gasteiger partial charge in [0.1, 0.15) is 13.2 Å². The number of fused-ring (bicyclic) bond motifs is 2. The summed E-state index contributed by atoms with van der Waals surface area (Å²) in [5.74, 6) is 0.278. The zero-order valence-electron chi connectivity index (χ0n) is 13.6. The van der Waals surface area contributed by atoms with Crippen molar-refractivity contribution < 1.29 is 23.8 Å². The van der Waals surface area contributed by atoms with E-state index in [1.165, 1.54) is 11.3 Å². The lowest BCUT2D eigenvalue weighted by molar-refractivity contribution is -0.146. The van der Waals surface area contributed by atoms with Crippen molar-refractivity contribution in [3.05, 3.63) is 41.7 Å². The second-order valence-electron chi connectivity index (χ2n) is 5.57. The molecule has 9 heteroatoms. The Bertz CT molecular complexity index is 936. The van der Waals surface area contributed by atoms with Crippen LogP contribution in [0.15, 0.2) is 36.0 Å². The van der Waals surface area contributed by atoms with Gasteiger partial charge in [-0.25, -0.2) is 4.98 Å². The first kappa shape index (κ1) is 16.4. The van der Waals surface area contributed by atoms with E-state index in [1.807, 2.05) is 16.0 Å². The number of rotatable bonds is 5. The Hall–Kier alpha value is -3.07. The number of ether oxygens (including phenoxy) is 3. The minimum atomic E-state index is -0.506. The van der Waals surface area contributed by atoms with Crippen molar-refractivity contribution in [3.8, 4) is 11.5 Å². The molecule has 1 aliphatic rings. The molecule has 1 N–H and O–H groups in total. The molecule has 4 rings (SSSR count). The predicted molar refractivity (Wildman–Crippen MR) is 93.8 cm³/mol. The Morgan fingerprint density at radius 3 is 2.96 bits per heavy atom. The largest absolute Gasteiger partial charge is 0.486 e. The molecule has 0 radical (unpaired) electrons. The highest BCUT2D eigenvalue weighted by Gasteiger charge is 2.14. The van der Waals surface area contributed by atoms with Gasteiger partial charge in [0.25, 0.3) is 5.91 Å². The van der Waals surface area contributed by atoms with Crippen molar-refractivity contribution in [2.45, 2.75) is 6.42 Å². The molecule has 0 aliphatic carbocycles. The standard InChI is InChI=1S/C17H15N3O5S/c21-15(18-11-1-2-13-14(7-11)24-5-4-23-13)10-25-16(22)8-12-9-20-3-6-26-17(20)19-12/h1-3,6-7,9H,4-5,8,10H2,(H,18,21). The second-order valence-corrected chi connectivity index (χ2v) is 6.44. The number of benzene rings is 1. The molecule has 26 heavy (non-hydrogen) atoms. The van der Waals surface area contributed by atoms with Crippen molar-refractivity contribution in [1.82, 2.24) is 9.38 Å². The van der Waals surface area contributed by atoms with Crippen LogP contribution >= 0.6 is 11.3 Å². The van der Waals surface area contributed by atoms with E-state index in [9.17, 15) is 9.59 Å². The highest BCUT2D eigenvalue weighted by atomic mass is 32.1. The topological polar surface area (TPSA) is 91.2 Å². The normalized spacial score (nSPS) is 12.8. The summed E-state index contributed by atoms with van der Waals surface area (Å²) in [6.07, 6.45) is 3.65. The van der Waals surface area contributed by atoms with Crippen molar-refractivity contribution in [2.75, 3.05) is 25.1 Å². The highest BCUT2D eigenvalue weighted by Crippen LogP contribution is 2.32. The number of carbonyl (C=O) groups excluding carboxylic acids is 2. The molecule has 1 aliphatic heterocycles. The molecule has 0 atom stereocenters. The number of nitrogens with zero attached hydrogens (tertiary/aromatic N) is 2. The molecule has 1 amide bonds. The third-order valence-corrected chi connectivity index (χ3v) is 4.43. The van der Waals surface area contributed by atoms with Crippen molar-refractivity contribution in [2.24, 2.45) is 0 Å². The zero-order chi connectivity index (χ0) is 17.9. The average molecular weight is 373 g/mol. The van der Waals surface area contributed by atoms with Gasteiger partial charge >= 0.3 is 5.97 Å². The zero-order valence-corrected chi connectivity index (χ0v) is 14.5. The van der Waals surface area contributed by atoms with Gasteiger partial charge in [-0.1, -0.05) is 0 Å². The van der Waals surface area contributed by atoms with Crippen molar-refractivity contribution in [3.63, 3.8) is 0 Å². The van der Waals surface area contributed by atoms with Crippen molar-refractivity contribution >= 4 is 33.9 Å². The Labute approximate surface area is 152 Å². The molecule has 0 saturated carbocycles. The SMILES string of the molecule is O=C(COC(=O)Cc1cn2ccsc2n1)Nc1ccc2c(c1)OCCO2. The van der Waals surface area contributed by atoms with Crippen LogP contribution in [-0.4, -0.2) is 41.1 Å². The Morgan fingerprint density at radius 2 is 2.12 bits per heavy atom. The Balaban J connectivity index is 1.28. The molecule has 0 fully saturated rings. The van der Waals surface area contributed by atoms with Crippen LogP contribution in [0, 0.1) is 0 Å². The summed E-state index contributed by atoms with van der Waals surface area (Å²) in [6.45, 7) is 0.604. The van der Waals surface area contributed by atoms with E-state index in [0.717, 1.165) is 4.96 Å². The summed E-state index contributed by atoms with van der Waals surface area (Å²) in [5, 5.41) is 4.57. The van der Waals surface area contributed by atoms with E-state index in [1.54, 1.807) is 24.4 Å². The van der Waals surface area contributed by atoms with Gasteiger partial charge in [-0.2, -0.15) is 0 Å². The van der Waals surface area contributed by atoms with Crippen LogP contribution in [0.5, 0.6) is 11.5 Å². The number of esters is 1. The van der Waals surface area contributed by atoms with Gasteiger partial charge in [0, 0.05) is 29.5 Å². The first-order valence-corrected chi connectivity index (χ1v) is 8.81. The van der Waals surface area contributed by atoms with E-state index >= 15 is 0 Å². The number of amides is 1. The van der Waals surface area contributed by atoms with E-state index in [2.05, 4.69) is 10.3 Å². The molecule has 2 aromatic heterocycles. The fraction of sp³-hybridized carbons (Fsp3) is 0.235. The first-order valence-electron chi connectivity index (χ1n) is 7.93. The predicted octanol–water partition coefficient (Wildman–Crippen LogP) is 1.89. The number of hydrogen-bond acceptors (Lipinski definition) is 7. The second kappa shape index (κ2) is 7.04. The Kier molecular flexibility index (Phi) is 4.44. The van der Waals surface area contributed by atoms with Crippen LogP contribution < -0.4 is 14.8 Å².